The average Bonchev–Trinajstić information content (AvgIpc) is 2.70. The molecule has 0 spiro atoms. The van der Waals surface area contributed by atoms with Gasteiger partial charge in [-0.15, -0.1) is 0 Å². The third-order valence-corrected chi connectivity index (χ3v) is 5.57. The lowest BCUT2D eigenvalue weighted by atomic mass is 10.1. The summed E-state index contributed by atoms with van der Waals surface area (Å²) >= 11 is 0. The van der Waals surface area contributed by atoms with Crippen LogP contribution in [0.5, 0.6) is 0 Å². The second-order valence-electron chi connectivity index (χ2n) is 4.61. The van der Waals surface area contributed by atoms with E-state index in [1.807, 2.05) is 0 Å². The minimum Gasteiger partial charge on any atom is -0.478 e. The lowest BCUT2D eigenvalue weighted by Crippen LogP contribution is -2.25. The van der Waals surface area contributed by atoms with Crippen molar-refractivity contribution in [2.24, 2.45) is 0 Å². The number of anilines is 1. The molecule has 0 radical (unpaired) electrons. The molecule has 1 heterocycles. The van der Waals surface area contributed by atoms with Crippen molar-refractivity contribution in [3.8, 4) is 0 Å². The molecular weight excluding hydrogens is 292 g/mol. The van der Waals surface area contributed by atoms with Crippen molar-refractivity contribution >= 4 is 21.5 Å². The van der Waals surface area contributed by atoms with Crippen molar-refractivity contribution in [2.75, 3.05) is 17.6 Å². The van der Waals surface area contributed by atoms with Crippen LogP contribution in [0.3, 0.4) is 0 Å². The lowest BCUT2D eigenvalue weighted by molar-refractivity contribution is 0.0690. The molecule has 20 heavy (non-hydrogen) atoms. The number of sulfone groups is 1. The number of benzene rings is 1. The zero-order valence-corrected chi connectivity index (χ0v) is 11.2. The summed E-state index contributed by atoms with van der Waals surface area (Å²) in [6.07, 6.45) is 1.04. The third kappa shape index (κ3) is 2.74. The summed E-state index contributed by atoms with van der Waals surface area (Å²) < 4.78 is 50.3. The highest BCUT2D eigenvalue weighted by molar-refractivity contribution is 7.92. The van der Waals surface area contributed by atoms with E-state index >= 15 is 0 Å². The number of carboxylic acids is 1. The van der Waals surface area contributed by atoms with Gasteiger partial charge in [0.05, 0.1) is 22.3 Å². The number of hydrogen-bond donors (Lipinski definition) is 2. The zero-order chi connectivity index (χ0) is 14.9. The van der Waals surface area contributed by atoms with E-state index in [0.717, 1.165) is 12.1 Å². The van der Waals surface area contributed by atoms with Gasteiger partial charge in [0, 0.05) is 6.54 Å². The van der Waals surface area contributed by atoms with Gasteiger partial charge in [0.25, 0.3) is 0 Å². The van der Waals surface area contributed by atoms with Gasteiger partial charge in [-0.05, 0) is 25.0 Å². The minimum atomic E-state index is -3.17. The number of carboxylic acid groups (broad SMARTS) is 1. The molecule has 0 bridgehead atoms. The van der Waals surface area contributed by atoms with Gasteiger partial charge in [-0.2, -0.15) is 0 Å². The van der Waals surface area contributed by atoms with E-state index < -0.39 is 38.3 Å². The number of halogens is 2. The van der Waals surface area contributed by atoms with Crippen LogP contribution in [0.1, 0.15) is 23.2 Å². The van der Waals surface area contributed by atoms with E-state index in [1.54, 1.807) is 0 Å². The summed E-state index contributed by atoms with van der Waals surface area (Å²) in [4.78, 5) is 10.6. The van der Waals surface area contributed by atoms with E-state index in [1.165, 1.54) is 0 Å². The number of rotatable bonds is 4. The smallest absolute Gasteiger partial charge is 0.338 e. The molecule has 0 aliphatic carbocycles. The number of nitrogens with one attached hydrogen (secondary N) is 1. The Bertz CT molecular complexity index is 645. The minimum absolute atomic E-state index is 0.0227. The molecule has 2 rings (SSSR count). The van der Waals surface area contributed by atoms with Crippen LogP contribution in [-0.2, 0) is 9.84 Å². The fourth-order valence-electron chi connectivity index (χ4n) is 2.16. The summed E-state index contributed by atoms with van der Waals surface area (Å²) in [7, 11) is -3.17. The second kappa shape index (κ2) is 5.35. The first-order chi connectivity index (χ1) is 9.33. The Labute approximate surface area is 114 Å². The molecule has 1 aromatic carbocycles. The van der Waals surface area contributed by atoms with Gasteiger partial charge in [-0.3, -0.25) is 0 Å². The lowest BCUT2D eigenvalue weighted by Gasteiger charge is -2.13. The molecule has 0 saturated carbocycles. The van der Waals surface area contributed by atoms with Gasteiger partial charge in [-0.25, -0.2) is 22.0 Å². The first kappa shape index (κ1) is 14.7. The Kier molecular flexibility index (Phi) is 3.94. The van der Waals surface area contributed by atoms with E-state index in [0.29, 0.717) is 12.8 Å². The standard InChI is InChI=1S/C12H13F2NO4S/c13-10-8(12(16)17)3-4-9(11(10)14)15-6-7-2-1-5-20(7,18)19/h3-4,7,15H,1-2,5-6H2,(H,16,17). The fourth-order valence-corrected chi connectivity index (χ4v) is 3.93. The highest BCUT2D eigenvalue weighted by atomic mass is 32.2. The highest BCUT2D eigenvalue weighted by Gasteiger charge is 2.31. The molecule has 110 valence electrons. The van der Waals surface area contributed by atoms with Gasteiger partial charge in [0.15, 0.2) is 21.5 Å². The molecule has 1 saturated heterocycles. The second-order valence-corrected chi connectivity index (χ2v) is 7.01. The molecule has 0 aromatic heterocycles. The number of carbonyl (C=O) groups is 1. The maximum atomic E-state index is 13.6. The Morgan fingerprint density at radius 1 is 1.35 bits per heavy atom. The van der Waals surface area contributed by atoms with Crippen molar-refractivity contribution in [1.29, 1.82) is 0 Å². The van der Waals surface area contributed by atoms with Crippen LogP contribution in [0.2, 0.25) is 0 Å². The van der Waals surface area contributed by atoms with E-state index in [4.69, 9.17) is 5.11 Å². The van der Waals surface area contributed by atoms with Crippen LogP contribution >= 0.6 is 0 Å². The van der Waals surface area contributed by atoms with Crippen molar-refractivity contribution in [3.63, 3.8) is 0 Å². The Hall–Kier alpha value is -1.70. The van der Waals surface area contributed by atoms with Crippen LogP contribution < -0.4 is 5.32 Å². The van der Waals surface area contributed by atoms with Gasteiger partial charge >= 0.3 is 5.97 Å². The van der Waals surface area contributed by atoms with Gasteiger partial charge < -0.3 is 10.4 Å². The molecule has 1 aliphatic heterocycles. The number of aromatic carboxylic acids is 1. The van der Waals surface area contributed by atoms with E-state index in [-0.39, 0.29) is 18.0 Å². The summed E-state index contributed by atoms with van der Waals surface area (Å²) in [6.45, 7) is -0.0227. The molecule has 1 fully saturated rings. The Morgan fingerprint density at radius 2 is 2.05 bits per heavy atom. The van der Waals surface area contributed by atoms with Crippen molar-refractivity contribution in [3.05, 3.63) is 29.3 Å². The first-order valence-electron chi connectivity index (χ1n) is 5.99. The summed E-state index contributed by atoms with van der Waals surface area (Å²) in [6, 6.07) is 2.02. The predicted octanol–water partition coefficient (Wildman–Crippen LogP) is 1.65. The topological polar surface area (TPSA) is 83.5 Å². The maximum absolute atomic E-state index is 13.6. The SMILES string of the molecule is O=C(O)c1ccc(NCC2CCCS2(=O)=O)c(F)c1F. The van der Waals surface area contributed by atoms with Crippen LogP contribution in [0.15, 0.2) is 12.1 Å². The summed E-state index contributed by atoms with van der Waals surface area (Å²) in [5.41, 5.74) is -1.00. The van der Waals surface area contributed by atoms with Gasteiger partial charge in [0.1, 0.15) is 0 Å². The largest absolute Gasteiger partial charge is 0.478 e. The fraction of sp³-hybridized carbons (Fsp3) is 0.417. The average molecular weight is 305 g/mol. The first-order valence-corrected chi connectivity index (χ1v) is 7.71. The van der Waals surface area contributed by atoms with Crippen LogP contribution in [0.25, 0.3) is 0 Å². The Morgan fingerprint density at radius 3 is 2.60 bits per heavy atom. The molecular formula is C12H13F2NO4S. The third-order valence-electron chi connectivity index (χ3n) is 3.30. The van der Waals surface area contributed by atoms with Crippen molar-refractivity contribution in [2.45, 2.75) is 18.1 Å². The summed E-state index contributed by atoms with van der Waals surface area (Å²) in [5.74, 6) is -4.24. The quantitative estimate of drug-likeness (QED) is 0.884. The highest BCUT2D eigenvalue weighted by Crippen LogP contribution is 2.24. The van der Waals surface area contributed by atoms with Gasteiger partial charge in [0.2, 0.25) is 0 Å². The zero-order valence-electron chi connectivity index (χ0n) is 10.4. The van der Waals surface area contributed by atoms with E-state index in [2.05, 4.69) is 5.32 Å². The predicted molar refractivity (Wildman–Crippen MR) is 68.6 cm³/mol. The van der Waals surface area contributed by atoms with Crippen LogP contribution in [0.4, 0.5) is 14.5 Å². The van der Waals surface area contributed by atoms with E-state index in [9.17, 15) is 22.0 Å². The van der Waals surface area contributed by atoms with Crippen molar-refractivity contribution in [1.82, 2.24) is 0 Å². The molecule has 1 aliphatic rings. The normalized spacial score (nSPS) is 20.8. The van der Waals surface area contributed by atoms with Crippen LogP contribution in [-0.4, -0.2) is 37.0 Å². The molecule has 0 amide bonds. The molecule has 1 aromatic rings. The number of hydrogen-bond acceptors (Lipinski definition) is 4. The summed E-state index contributed by atoms with van der Waals surface area (Å²) in [5, 5.41) is 10.6. The van der Waals surface area contributed by atoms with Crippen molar-refractivity contribution < 1.29 is 27.1 Å². The molecule has 5 nitrogen and oxygen atoms in total. The Balaban J connectivity index is 2.15. The maximum Gasteiger partial charge on any atom is 0.338 e. The van der Waals surface area contributed by atoms with Crippen LogP contribution in [0, 0.1) is 11.6 Å². The molecule has 1 atom stereocenters. The van der Waals surface area contributed by atoms with Gasteiger partial charge in [-0.1, -0.05) is 0 Å². The molecule has 8 heteroatoms. The molecule has 1 unspecified atom stereocenters. The monoisotopic (exact) mass is 305 g/mol. The molecule has 2 N–H and O–H groups in total.